The Hall–Kier alpha value is -3.54. The van der Waals surface area contributed by atoms with Crippen molar-refractivity contribution in [1.82, 2.24) is 0 Å². The predicted octanol–water partition coefficient (Wildman–Crippen LogP) is 5.96. The molecule has 4 aromatic carbocycles. The Bertz CT molecular complexity index is 1480. The lowest BCUT2D eigenvalue weighted by Gasteiger charge is -2.12. The smallest absolute Gasteiger partial charge is 0.143 e. The Labute approximate surface area is 190 Å². The normalized spacial score (nSPS) is 19.3. The SMILES string of the molecule is c1ccc2c(c1)c1oc(-c3ccc(OCC4CO4)cc3)cc1c1cccc(OCC3CO3)c21. The Kier molecular flexibility index (Phi) is 4.32. The van der Waals surface area contributed by atoms with Crippen molar-refractivity contribution < 1.29 is 23.4 Å². The summed E-state index contributed by atoms with van der Waals surface area (Å²) < 4.78 is 28.9. The lowest BCUT2D eigenvalue weighted by atomic mass is 9.97. The summed E-state index contributed by atoms with van der Waals surface area (Å²) in [5, 5.41) is 5.52. The van der Waals surface area contributed by atoms with Gasteiger partial charge < -0.3 is 23.4 Å². The lowest BCUT2D eigenvalue weighted by Crippen LogP contribution is -2.04. The van der Waals surface area contributed by atoms with E-state index in [0.29, 0.717) is 13.2 Å². The molecule has 164 valence electrons. The summed E-state index contributed by atoms with van der Waals surface area (Å²) in [5.41, 5.74) is 1.90. The second-order valence-electron chi connectivity index (χ2n) is 8.63. The van der Waals surface area contributed by atoms with Crippen LogP contribution in [-0.2, 0) is 9.47 Å². The molecule has 5 heteroatoms. The fourth-order valence-electron chi connectivity index (χ4n) is 4.40. The van der Waals surface area contributed by atoms with Crippen LogP contribution in [0.4, 0.5) is 0 Å². The van der Waals surface area contributed by atoms with E-state index in [-0.39, 0.29) is 12.2 Å². The maximum atomic E-state index is 6.45. The highest BCUT2D eigenvalue weighted by molar-refractivity contribution is 6.25. The highest BCUT2D eigenvalue weighted by Crippen LogP contribution is 2.42. The number of ether oxygens (including phenoxy) is 4. The summed E-state index contributed by atoms with van der Waals surface area (Å²) in [4.78, 5) is 0. The molecule has 2 fully saturated rings. The number of furan rings is 1. The third-order valence-corrected chi connectivity index (χ3v) is 6.29. The third-order valence-electron chi connectivity index (χ3n) is 6.29. The first kappa shape index (κ1) is 19.0. The van der Waals surface area contributed by atoms with Crippen LogP contribution >= 0.6 is 0 Å². The molecule has 2 saturated heterocycles. The molecule has 0 N–H and O–H groups in total. The van der Waals surface area contributed by atoms with Crippen LogP contribution in [0.15, 0.2) is 77.2 Å². The molecule has 0 saturated carbocycles. The molecule has 1 aromatic heterocycles. The third kappa shape index (κ3) is 3.50. The van der Waals surface area contributed by atoms with Gasteiger partial charge in [0.1, 0.15) is 48.3 Å². The topological polar surface area (TPSA) is 56.7 Å². The largest absolute Gasteiger partial charge is 0.491 e. The minimum Gasteiger partial charge on any atom is -0.491 e. The van der Waals surface area contributed by atoms with Gasteiger partial charge in [-0.15, -0.1) is 0 Å². The highest BCUT2D eigenvalue weighted by Gasteiger charge is 2.24. The summed E-state index contributed by atoms with van der Waals surface area (Å²) in [6, 6.07) is 24.7. The van der Waals surface area contributed by atoms with Crippen molar-refractivity contribution in [2.45, 2.75) is 12.2 Å². The molecule has 2 aliphatic heterocycles. The van der Waals surface area contributed by atoms with Gasteiger partial charge in [-0.1, -0.05) is 36.4 Å². The van der Waals surface area contributed by atoms with Gasteiger partial charge >= 0.3 is 0 Å². The van der Waals surface area contributed by atoms with Gasteiger partial charge in [0.2, 0.25) is 0 Å². The predicted molar refractivity (Wildman–Crippen MR) is 127 cm³/mol. The Morgan fingerprint density at radius 2 is 1.36 bits per heavy atom. The molecule has 5 nitrogen and oxygen atoms in total. The van der Waals surface area contributed by atoms with Crippen LogP contribution in [-0.4, -0.2) is 38.6 Å². The van der Waals surface area contributed by atoms with Gasteiger partial charge in [0.15, 0.2) is 0 Å². The summed E-state index contributed by atoms with van der Waals surface area (Å²) in [7, 11) is 0. The van der Waals surface area contributed by atoms with Crippen LogP contribution in [0.5, 0.6) is 11.5 Å². The van der Waals surface area contributed by atoms with Gasteiger partial charge in [-0.2, -0.15) is 0 Å². The van der Waals surface area contributed by atoms with Crippen LogP contribution in [0, 0.1) is 0 Å². The van der Waals surface area contributed by atoms with E-state index in [0.717, 1.165) is 68.6 Å². The average molecular weight is 438 g/mol. The van der Waals surface area contributed by atoms with Crippen LogP contribution in [0.3, 0.4) is 0 Å². The molecule has 2 aliphatic rings. The van der Waals surface area contributed by atoms with Crippen LogP contribution in [0.2, 0.25) is 0 Å². The molecule has 5 aromatic rings. The molecular formula is C28H22O5. The zero-order chi connectivity index (χ0) is 21.8. The van der Waals surface area contributed by atoms with Crippen LogP contribution in [0.1, 0.15) is 0 Å². The van der Waals surface area contributed by atoms with Crippen LogP contribution < -0.4 is 9.47 Å². The van der Waals surface area contributed by atoms with Crippen LogP contribution in [0.25, 0.3) is 43.8 Å². The van der Waals surface area contributed by atoms with Crippen molar-refractivity contribution in [3.8, 4) is 22.8 Å². The van der Waals surface area contributed by atoms with Gasteiger partial charge in [0, 0.05) is 21.7 Å². The summed E-state index contributed by atoms with van der Waals surface area (Å²) >= 11 is 0. The second kappa shape index (κ2) is 7.51. The molecule has 0 bridgehead atoms. The molecule has 0 aliphatic carbocycles. The van der Waals surface area contributed by atoms with Gasteiger partial charge in [-0.05, 0) is 47.2 Å². The number of fused-ring (bicyclic) bond motifs is 6. The zero-order valence-corrected chi connectivity index (χ0v) is 18.0. The average Bonchev–Trinajstić information content (AvgIpc) is 3.80. The van der Waals surface area contributed by atoms with E-state index in [1.54, 1.807) is 0 Å². The van der Waals surface area contributed by atoms with Crippen molar-refractivity contribution in [2.75, 3.05) is 26.4 Å². The molecular weight excluding hydrogens is 416 g/mol. The Morgan fingerprint density at radius 3 is 2.12 bits per heavy atom. The molecule has 3 heterocycles. The number of hydrogen-bond acceptors (Lipinski definition) is 5. The molecule has 2 unspecified atom stereocenters. The fraction of sp³-hybridized carbons (Fsp3) is 0.214. The van der Waals surface area contributed by atoms with Crippen molar-refractivity contribution in [3.05, 3.63) is 72.8 Å². The number of epoxide rings is 2. The number of hydrogen-bond donors (Lipinski definition) is 0. The summed E-state index contributed by atoms with van der Waals surface area (Å²) in [5.74, 6) is 2.55. The van der Waals surface area contributed by atoms with E-state index in [9.17, 15) is 0 Å². The summed E-state index contributed by atoms with van der Waals surface area (Å²) in [6.07, 6.45) is 0.451. The molecule has 0 radical (unpaired) electrons. The minimum atomic E-state index is 0.208. The Morgan fingerprint density at radius 1 is 0.697 bits per heavy atom. The van der Waals surface area contributed by atoms with E-state index in [1.807, 2.05) is 42.5 Å². The number of benzene rings is 4. The fourth-order valence-corrected chi connectivity index (χ4v) is 4.40. The van der Waals surface area contributed by atoms with Gasteiger partial charge in [0.05, 0.1) is 13.2 Å². The first-order valence-corrected chi connectivity index (χ1v) is 11.3. The second-order valence-corrected chi connectivity index (χ2v) is 8.63. The molecule has 0 amide bonds. The molecule has 0 spiro atoms. The molecule has 2 atom stereocenters. The first-order valence-electron chi connectivity index (χ1n) is 11.3. The minimum absolute atomic E-state index is 0.208. The quantitative estimate of drug-likeness (QED) is 0.232. The summed E-state index contributed by atoms with van der Waals surface area (Å²) in [6.45, 7) is 2.74. The monoisotopic (exact) mass is 438 g/mol. The van der Waals surface area contributed by atoms with E-state index in [2.05, 4.69) is 30.3 Å². The van der Waals surface area contributed by atoms with Crippen molar-refractivity contribution in [2.24, 2.45) is 0 Å². The first-order chi connectivity index (χ1) is 16.3. The van der Waals surface area contributed by atoms with E-state index in [1.165, 1.54) is 0 Å². The highest BCUT2D eigenvalue weighted by atomic mass is 16.6. The van der Waals surface area contributed by atoms with Crippen molar-refractivity contribution in [3.63, 3.8) is 0 Å². The zero-order valence-electron chi connectivity index (χ0n) is 18.0. The van der Waals surface area contributed by atoms with Gasteiger partial charge in [-0.25, -0.2) is 0 Å². The lowest BCUT2D eigenvalue weighted by molar-refractivity contribution is 0.263. The number of rotatable bonds is 7. The maximum absolute atomic E-state index is 6.45. The van der Waals surface area contributed by atoms with Crippen molar-refractivity contribution in [1.29, 1.82) is 0 Å². The van der Waals surface area contributed by atoms with E-state index < -0.39 is 0 Å². The maximum Gasteiger partial charge on any atom is 0.143 e. The Balaban J connectivity index is 1.35. The van der Waals surface area contributed by atoms with E-state index in [4.69, 9.17) is 23.4 Å². The molecule has 7 rings (SSSR count). The van der Waals surface area contributed by atoms with Gasteiger partial charge in [-0.3, -0.25) is 0 Å². The van der Waals surface area contributed by atoms with Gasteiger partial charge in [0.25, 0.3) is 0 Å². The molecule has 33 heavy (non-hydrogen) atoms. The van der Waals surface area contributed by atoms with E-state index >= 15 is 0 Å². The standard InChI is InChI=1S/C28H22O5/c1-2-5-23-21(4-1)27-22(6-3-7-25(27)32-16-20-15-31-20)24-12-26(33-28(23)24)17-8-10-18(11-9-17)29-13-19-14-30-19/h1-12,19-20H,13-16H2. The van der Waals surface area contributed by atoms with Crippen molar-refractivity contribution >= 4 is 32.5 Å².